The standard InChI is InChI=1S/C22H28N6O2S2/c1-4-19-25-26-21(32-19)23-20(29)14(3)31-22-27-24-18(28(22)5-2)13-30-17-11-10-15-8-6-7-9-16(15)12-17/h10-12,14H,4-9,13H2,1-3H3,(H,23,26,29)/t14-/m1/s1. The fourth-order valence-corrected chi connectivity index (χ4v) is 5.26. The van der Waals surface area contributed by atoms with E-state index in [0.29, 0.717) is 23.4 Å². The Morgan fingerprint density at radius 3 is 2.75 bits per heavy atom. The van der Waals surface area contributed by atoms with Crippen LogP contribution in [-0.2, 0) is 37.2 Å². The maximum Gasteiger partial charge on any atom is 0.239 e. The number of fused-ring (bicyclic) bond motifs is 1. The Hall–Kier alpha value is -2.46. The van der Waals surface area contributed by atoms with Gasteiger partial charge in [-0.25, -0.2) is 0 Å². The van der Waals surface area contributed by atoms with Crippen LogP contribution >= 0.6 is 23.1 Å². The molecule has 10 heteroatoms. The first-order valence-corrected chi connectivity index (χ1v) is 12.7. The number of benzene rings is 1. The molecular weight excluding hydrogens is 444 g/mol. The molecule has 32 heavy (non-hydrogen) atoms. The molecule has 0 spiro atoms. The van der Waals surface area contributed by atoms with Crippen molar-refractivity contribution in [3.8, 4) is 5.75 Å². The first-order chi connectivity index (χ1) is 15.6. The minimum atomic E-state index is -0.354. The van der Waals surface area contributed by atoms with Crippen molar-refractivity contribution >= 4 is 34.1 Å². The van der Waals surface area contributed by atoms with Crippen LogP contribution in [0.1, 0.15) is 55.6 Å². The third-order valence-electron chi connectivity index (χ3n) is 5.45. The molecule has 8 nitrogen and oxygen atoms in total. The Morgan fingerprint density at radius 1 is 1.19 bits per heavy atom. The van der Waals surface area contributed by atoms with E-state index in [1.807, 2.05) is 31.4 Å². The molecule has 2 heterocycles. The highest BCUT2D eigenvalue weighted by Crippen LogP contribution is 2.27. The van der Waals surface area contributed by atoms with Gasteiger partial charge in [-0.2, -0.15) is 0 Å². The van der Waals surface area contributed by atoms with E-state index in [9.17, 15) is 4.79 Å². The van der Waals surface area contributed by atoms with Crippen LogP contribution in [0.2, 0.25) is 0 Å². The molecule has 2 aromatic heterocycles. The zero-order chi connectivity index (χ0) is 22.5. The summed E-state index contributed by atoms with van der Waals surface area (Å²) in [5.41, 5.74) is 2.83. The minimum Gasteiger partial charge on any atom is -0.486 e. The molecule has 0 saturated heterocycles. The summed E-state index contributed by atoms with van der Waals surface area (Å²) in [5, 5.41) is 21.3. The molecule has 0 bridgehead atoms. The van der Waals surface area contributed by atoms with Gasteiger partial charge in [-0.15, -0.1) is 20.4 Å². The van der Waals surface area contributed by atoms with Gasteiger partial charge in [-0.3, -0.25) is 10.1 Å². The summed E-state index contributed by atoms with van der Waals surface area (Å²) in [6, 6.07) is 6.37. The quantitative estimate of drug-likeness (QED) is 0.464. The lowest BCUT2D eigenvalue weighted by Gasteiger charge is -2.17. The van der Waals surface area contributed by atoms with Crippen molar-refractivity contribution in [3.05, 3.63) is 40.2 Å². The second-order valence-corrected chi connectivity index (χ2v) is 10.0. The molecular formula is C22H28N6O2S2. The lowest BCUT2D eigenvalue weighted by Crippen LogP contribution is -2.23. The normalized spacial score (nSPS) is 14.1. The number of carbonyl (C=O) groups excluding carboxylic acids is 1. The van der Waals surface area contributed by atoms with Crippen LogP contribution in [0.3, 0.4) is 0 Å². The SMILES string of the molecule is CCc1nnc(NC(=O)[C@@H](C)Sc2nnc(COc3ccc4c(c3)CCCC4)n2CC)s1. The van der Waals surface area contributed by atoms with Crippen molar-refractivity contribution in [2.24, 2.45) is 0 Å². The molecule has 1 aliphatic carbocycles. The highest BCUT2D eigenvalue weighted by Gasteiger charge is 2.21. The van der Waals surface area contributed by atoms with Crippen molar-refractivity contribution in [1.82, 2.24) is 25.0 Å². The van der Waals surface area contributed by atoms with E-state index in [-0.39, 0.29) is 11.2 Å². The number of carbonyl (C=O) groups is 1. The first-order valence-electron chi connectivity index (χ1n) is 11.0. The first kappa shape index (κ1) is 22.7. The molecule has 1 amide bonds. The second-order valence-electron chi connectivity index (χ2n) is 7.67. The number of hydrogen-bond donors (Lipinski definition) is 1. The number of nitrogens with one attached hydrogen (secondary N) is 1. The van der Waals surface area contributed by atoms with Gasteiger partial charge in [0.1, 0.15) is 17.4 Å². The van der Waals surface area contributed by atoms with Gasteiger partial charge in [0.25, 0.3) is 0 Å². The number of nitrogens with zero attached hydrogens (tertiary/aromatic N) is 5. The van der Waals surface area contributed by atoms with Crippen LogP contribution in [0.25, 0.3) is 0 Å². The number of rotatable bonds is 9. The van der Waals surface area contributed by atoms with E-state index in [4.69, 9.17) is 4.74 Å². The second kappa shape index (κ2) is 10.4. The lowest BCUT2D eigenvalue weighted by molar-refractivity contribution is -0.115. The van der Waals surface area contributed by atoms with Crippen molar-refractivity contribution in [2.45, 2.75) is 76.4 Å². The third kappa shape index (κ3) is 5.29. The van der Waals surface area contributed by atoms with Gasteiger partial charge in [-0.05, 0) is 69.2 Å². The van der Waals surface area contributed by atoms with Gasteiger partial charge in [-0.1, -0.05) is 36.1 Å². The summed E-state index contributed by atoms with van der Waals surface area (Å²) < 4.78 is 8.03. The Morgan fingerprint density at radius 2 is 2.00 bits per heavy atom. The Balaban J connectivity index is 1.37. The molecule has 1 aromatic carbocycles. The number of ether oxygens (including phenoxy) is 1. The fourth-order valence-electron chi connectivity index (χ4n) is 3.64. The van der Waals surface area contributed by atoms with Crippen LogP contribution in [0.5, 0.6) is 5.75 Å². The molecule has 0 radical (unpaired) electrons. The van der Waals surface area contributed by atoms with Crippen LogP contribution in [-0.4, -0.2) is 36.1 Å². The topological polar surface area (TPSA) is 94.8 Å². The number of hydrogen-bond acceptors (Lipinski definition) is 8. The van der Waals surface area contributed by atoms with E-state index < -0.39 is 0 Å². The summed E-state index contributed by atoms with van der Waals surface area (Å²) in [5.74, 6) is 1.48. The van der Waals surface area contributed by atoms with Gasteiger partial charge in [0.05, 0.1) is 5.25 Å². The Kier molecular flexibility index (Phi) is 7.41. The van der Waals surface area contributed by atoms with Crippen LogP contribution in [0, 0.1) is 0 Å². The van der Waals surface area contributed by atoms with Crippen LogP contribution < -0.4 is 10.1 Å². The molecule has 1 aliphatic rings. The molecule has 0 saturated carbocycles. The molecule has 170 valence electrons. The minimum absolute atomic E-state index is 0.133. The maximum atomic E-state index is 12.6. The van der Waals surface area contributed by atoms with E-state index in [1.165, 1.54) is 47.1 Å². The highest BCUT2D eigenvalue weighted by atomic mass is 32.2. The summed E-state index contributed by atoms with van der Waals surface area (Å²) in [6.45, 7) is 6.93. The van der Waals surface area contributed by atoms with Gasteiger partial charge >= 0.3 is 0 Å². The van der Waals surface area contributed by atoms with Crippen molar-refractivity contribution < 1.29 is 9.53 Å². The third-order valence-corrected chi connectivity index (χ3v) is 7.51. The highest BCUT2D eigenvalue weighted by molar-refractivity contribution is 8.00. The largest absolute Gasteiger partial charge is 0.486 e. The molecule has 0 unspecified atom stereocenters. The monoisotopic (exact) mass is 472 g/mol. The van der Waals surface area contributed by atoms with E-state index >= 15 is 0 Å². The van der Waals surface area contributed by atoms with Gasteiger partial charge in [0, 0.05) is 6.54 Å². The Bertz CT molecular complexity index is 1080. The zero-order valence-electron chi connectivity index (χ0n) is 18.6. The predicted octanol–water partition coefficient (Wildman–Crippen LogP) is 4.29. The average molecular weight is 473 g/mol. The molecule has 3 aromatic rings. The molecule has 0 aliphatic heterocycles. The van der Waals surface area contributed by atoms with Crippen molar-refractivity contribution in [1.29, 1.82) is 0 Å². The van der Waals surface area contributed by atoms with Gasteiger partial charge in [0.2, 0.25) is 11.0 Å². The number of anilines is 1. The number of aryl methyl sites for hydroxylation is 3. The summed E-state index contributed by atoms with van der Waals surface area (Å²) in [7, 11) is 0. The lowest BCUT2D eigenvalue weighted by atomic mass is 9.92. The van der Waals surface area contributed by atoms with Crippen LogP contribution in [0.4, 0.5) is 5.13 Å². The predicted molar refractivity (Wildman–Crippen MR) is 126 cm³/mol. The average Bonchev–Trinajstić information content (AvgIpc) is 3.43. The molecule has 0 fully saturated rings. The van der Waals surface area contributed by atoms with Gasteiger partial charge < -0.3 is 9.30 Å². The van der Waals surface area contributed by atoms with Crippen molar-refractivity contribution in [3.63, 3.8) is 0 Å². The zero-order valence-corrected chi connectivity index (χ0v) is 20.3. The Labute approximate surface area is 196 Å². The van der Waals surface area contributed by atoms with E-state index in [2.05, 4.69) is 37.8 Å². The fraction of sp³-hybridized carbons (Fsp3) is 0.500. The van der Waals surface area contributed by atoms with Gasteiger partial charge in [0.15, 0.2) is 11.0 Å². The molecule has 1 N–H and O–H groups in total. The number of thioether (sulfide) groups is 1. The van der Waals surface area contributed by atoms with E-state index in [1.54, 1.807) is 0 Å². The van der Waals surface area contributed by atoms with E-state index in [0.717, 1.165) is 35.8 Å². The number of amides is 1. The number of aromatic nitrogens is 5. The molecule has 1 atom stereocenters. The van der Waals surface area contributed by atoms with Crippen molar-refractivity contribution in [2.75, 3.05) is 5.32 Å². The summed E-state index contributed by atoms with van der Waals surface area (Å²) in [6.07, 6.45) is 5.59. The molecule has 4 rings (SSSR count). The summed E-state index contributed by atoms with van der Waals surface area (Å²) in [4.78, 5) is 12.6. The smallest absolute Gasteiger partial charge is 0.239 e. The van der Waals surface area contributed by atoms with Crippen LogP contribution in [0.15, 0.2) is 23.4 Å². The summed E-state index contributed by atoms with van der Waals surface area (Å²) >= 11 is 2.77. The maximum absolute atomic E-state index is 12.6.